The molecule has 0 saturated heterocycles. The van der Waals surface area contributed by atoms with Crippen LogP contribution in [0.5, 0.6) is 0 Å². The van der Waals surface area contributed by atoms with Crippen LogP contribution in [-0.4, -0.2) is 19.8 Å². The first kappa shape index (κ1) is 14.9. The first-order valence-corrected chi connectivity index (χ1v) is 8.80. The quantitative estimate of drug-likeness (QED) is 0.753. The van der Waals surface area contributed by atoms with E-state index in [0.29, 0.717) is 15.4 Å². The molecule has 0 radical (unpaired) electrons. The van der Waals surface area contributed by atoms with Gasteiger partial charge in [0.15, 0.2) is 0 Å². The number of sulfonamides is 1. The van der Waals surface area contributed by atoms with Crippen LogP contribution in [0.4, 0.5) is 0 Å². The number of thiophene rings is 1. The molecule has 0 fully saturated rings. The summed E-state index contributed by atoms with van der Waals surface area (Å²) in [6.45, 7) is 2.37. The lowest BCUT2D eigenvalue weighted by molar-refractivity contribution is 0.581. The average Bonchev–Trinajstić information content (AvgIpc) is 2.46. The number of rotatable bonds is 5. The maximum Gasteiger partial charge on any atom is 0.250 e. The van der Waals surface area contributed by atoms with Gasteiger partial charge in [0, 0.05) is 11.4 Å². The average molecular weight is 412 g/mol. The Hall–Kier alpha value is 0.860. The predicted octanol–water partition coefficient (Wildman–Crippen LogP) is 3.62. The van der Waals surface area contributed by atoms with Crippen molar-refractivity contribution in [2.24, 2.45) is 0 Å². The third-order valence-electron chi connectivity index (χ3n) is 1.72. The molecule has 0 bridgehead atoms. The monoisotopic (exact) mass is 409 g/mol. The number of halogens is 3. The van der Waals surface area contributed by atoms with Crippen LogP contribution in [-0.2, 0) is 10.0 Å². The zero-order valence-electron chi connectivity index (χ0n) is 8.34. The number of hydrogen-bond acceptors (Lipinski definition) is 3. The van der Waals surface area contributed by atoms with Gasteiger partial charge < -0.3 is 0 Å². The smallest absolute Gasteiger partial charge is 0.210 e. The molecule has 1 aromatic heterocycles. The van der Waals surface area contributed by atoms with E-state index in [-0.39, 0.29) is 9.04 Å². The van der Waals surface area contributed by atoms with Gasteiger partial charge in [-0.1, -0.05) is 34.5 Å². The van der Waals surface area contributed by atoms with Crippen LogP contribution in [0.25, 0.3) is 0 Å². The first-order chi connectivity index (χ1) is 7.33. The van der Waals surface area contributed by atoms with E-state index in [9.17, 15) is 8.42 Å². The number of hydrogen-bond donors (Lipinski definition) is 1. The van der Waals surface area contributed by atoms with Crippen molar-refractivity contribution in [2.75, 3.05) is 6.54 Å². The third kappa shape index (κ3) is 4.27. The lowest BCUT2D eigenvalue weighted by Gasteiger charge is -2.05. The minimum atomic E-state index is -3.42. The number of alkyl halides is 1. The molecule has 1 heterocycles. The van der Waals surface area contributed by atoms with Crippen LogP contribution < -0.4 is 4.72 Å². The SMILES string of the molecule is CC(Br)CCNS(=O)(=O)c1cc(Cl)c(Br)s1. The van der Waals surface area contributed by atoms with Crippen molar-refractivity contribution < 1.29 is 8.42 Å². The summed E-state index contributed by atoms with van der Waals surface area (Å²) in [4.78, 5) is 0.286. The van der Waals surface area contributed by atoms with Gasteiger partial charge in [0.2, 0.25) is 10.0 Å². The van der Waals surface area contributed by atoms with Crippen molar-refractivity contribution in [3.8, 4) is 0 Å². The highest BCUT2D eigenvalue weighted by atomic mass is 79.9. The second kappa shape index (κ2) is 6.15. The molecule has 0 amide bonds. The Morgan fingerprint density at radius 3 is 2.69 bits per heavy atom. The number of nitrogens with one attached hydrogen (secondary N) is 1. The Labute approximate surface area is 121 Å². The van der Waals surface area contributed by atoms with E-state index in [0.717, 1.165) is 17.8 Å². The highest BCUT2D eigenvalue weighted by molar-refractivity contribution is 9.11. The fourth-order valence-corrected chi connectivity index (χ4v) is 4.64. The summed E-state index contributed by atoms with van der Waals surface area (Å²) in [7, 11) is -3.42. The van der Waals surface area contributed by atoms with Crippen molar-refractivity contribution in [3.05, 3.63) is 14.9 Å². The molecule has 1 unspecified atom stereocenters. The van der Waals surface area contributed by atoms with E-state index >= 15 is 0 Å². The molecule has 0 spiro atoms. The zero-order valence-corrected chi connectivity index (χ0v) is 13.9. The minimum absolute atomic E-state index is 0.228. The van der Waals surface area contributed by atoms with E-state index < -0.39 is 10.0 Å². The van der Waals surface area contributed by atoms with E-state index in [1.54, 1.807) is 0 Å². The molecule has 8 heteroatoms. The molecule has 1 rings (SSSR count). The van der Waals surface area contributed by atoms with Gasteiger partial charge >= 0.3 is 0 Å². The normalized spacial score (nSPS) is 14.0. The lowest BCUT2D eigenvalue weighted by atomic mass is 10.3. The first-order valence-electron chi connectivity index (χ1n) is 4.41. The van der Waals surface area contributed by atoms with Crippen molar-refractivity contribution in [2.45, 2.75) is 22.4 Å². The summed E-state index contributed by atoms with van der Waals surface area (Å²) in [5, 5.41) is 0.416. The van der Waals surface area contributed by atoms with E-state index in [1.165, 1.54) is 6.07 Å². The molecule has 1 atom stereocenters. The van der Waals surface area contributed by atoms with E-state index in [1.807, 2.05) is 6.92 Å². The predicted molar refractivity (Wildman–Crippen MR) is 75.2 cm³/mol. The zero-order chi connectivity index (χ0) is 12.3. The molecule has 3 nitrogen and oxygen atoms in total. The van der Waals surface area contributed by atoms with Crippen molar-refractivity contribution in [3.63, 3.8) is 0 Å². The Bertz CT molecular complexity index is 439. The van der Waals surface area contributed by atoms with E-state index in [4.69, 9.17) is 11.6 Å². The molecule has 92 valence electrons. The second-order valence-electron chi connectivity index (χ2n) is 3.15. The van der Waals surface area contributed by atoms with Gasteiger partial charge in [-0.25, -0.2) is 13.1 Å². The third-order valence-corrected chi connectivity index (χ3v) is 6.59. The van der Waals surface area contributed by atoms with Gasteiger partial charge in [0.25, 0.3) is 0 Å². The van der Waals surface area contributed by atoms with Gasteiger partial charge in [-0.15, -0.1) is 11.3 Å². The molecule has 0 aliphatic carbocycles. The van der Waals surface area contributed by atoms with Crippen LogP contribution in [0.2, 0.25) is 5.02 Å². The fraction of sp³-hybridized carbons (Fsp3) is 0.500. The largest absolute Gasteiger partial charge is 0.250 e. The molecular formula is C8H10Br2ClNO2S2. The summed E-state index contributed by atoms with van der Waals surface area (Å²) in [6.07, 6.45) is 0.736. The molecule has 1 N–H and O–H groups in total. The van der Waals surface area contributed by atoms with Crippen LogP contribution in [0.15, 0.2) is 14.1 Å². The fourth-order valence-electron chi connectivity index (χ4n) is 0.922. The maximum absolute atomic E-state index is 11.8. The standard InChI is InChI=1S/C8H10Br2ClNO2S2/c1-5(9)2-3-12-16(13,14)7-4-6(11)8(10)15-7/h4-5,12H,2-3H2,1H3. The van der Waals surface area contributed by atoms with Crippen molar-refractivity contribution in [1.82, 2.24) is 4.72 Å². The Morgan fingerprint density at radius 1 is 1.62 bits per heavy atom. The minimum Gasteiger partial charge on any atom is -0.210 e. The van der Waals surface area contributed by atoms with Gasteiger partial charge in [-0.3, -0.25) is 0 Å². The van der Waals surface area contributed by atoms with Crippen LogP contribution >= 0.6 is 54.8 Å². The molecule has 0 saturated carbocycles. The topological polar surface area (TPSA) is 46.2 Å². The highest BCUT2D eigenvalue weighted by Gasteiger charge is 2.18. The summed E-state index contributed by atoms with van der Waals surface area (Å²) < 4.78 is 26.9. The maximum atomic E-state index is 11.8. The van der Waals surface area contributed by atoms with Crippen LogP contribution in [0, 0.1) is 0 Å². The summed E-state index contributed by atoms with van der Waals surface area (Å²) in [5.74, 6) is 0. The molecule has 1 aromatic rings. The molecule has 0 aliphatic rings. The Balaban J connectivity index is 2.71. The molecule has 0 aromatic carbocycles. The van der Waals surface area contributed by atoms with Gasteiger partial charge in [-0.2, -0.15) is 0 Å². The van der Waals surface area contributed by atoms with Gasteiger partial charge in [0.1, 0.15) is 4.21 Å². The van der Waals surface area contributed by atoms with Crippen molar-refractivity contribution in [1.29, 1.82) is 0 Å². The lowest BCUT2D eigenvalue weighted by Crippen LogP contribution is -2.25. The van der Waals surface area contributed by atoms with Gasteiger partial charge in [-0.05, 0) is 28.4 Å². The van der Waals surface area contributed by atoms with E-state index in [2.05, 4.69) is 36.6 Å². The molecular weight excluding hydrogens is 401 g/mol. The Morgan fingerprint density at radius 2 is 2.25 bits per heavy atom. The summed E-state index contributed by atoms with van der Waals surface area (Å²) >= 11 is 13.4. The van der Waals surface area contributed by atoms with Crippen LogP contribution in [0.3, 0.4) is 0 Å². The van der Waals surface area contributed by atoms with Gasteiger partial charge in [0.05, 0.1) is 8.81 Å². The Kier molecular flexibility index (Phi) is 5.74. The second-order valence-corrected chi connectivity index (χ2v) is 9.49. The highest BCUT2D eigenvalue weighted by Crippen LogP contribution is 2.34. The molecule has 16 heavy (non-hydrogen) atoms. The summed E-state index contributed by atoms with van der Waals surface area (Å²) in [6, 6.07) is 1.44. The summed E-state index contributed by atoms with van der Waals surface area (Å²) in [5.41, 5.74) is 0. The molecule has 0 aliphatic heterocycles. The van der Waals surface area contributed by atoms with Crippen molar-refractivity contribution >= 4 is 64.8 Å². The van der Waals surface area contributed by atoms with Crippen LogP contribution in [0.1, 0.15) is 13.3 Å².